The molecule has 1 atom stereocenters. The van der Waals surface area contributed by atoms with Crippen LogP contribution in [0.3, 0.4) is 0 Å². The minimum Gasteiger partial charge on any atom is -0.315 e. The van der Waals surface area contributed by atoms with Crippen molar-refractivity contribution in [1.82, 2.24) is 10.2 Å². The second-order valence-electron chi connectivity index (χ2n) is 6.11. The van der Waals surface area contributed by atoms with Crippen LogP contribution in [0.25, 0.3) is 0 Å². The largest absolute Gasteiger partial charge is 0.315 e. The molecule has 2 nitrogen and oxygen atoms in total. The lowest BCUT2D eigenvalue weighted by atomic mass is 9.92. The first-order valence-corrected chi connectivity index (χ1v) is 7.26. The van der Waals surface area contributed by atoms with Crippen LogP contribution in [-0.4, -0.2) is 37.6 Å². The van der Waals surface area contributed by atoms with E-state index in [4.69, 9.17) is 0 Å². The van der Waals surface area contributed by atoms with Gasteiger partial charge in [-0.2, -0.15) is 0 Å². The average Bonchev–Trinajstić information content (AvgIpc) is 2.80. The summed E-state index contributed by atoms with van der Waals surface area (Å²) in [5, 5.41) is 3.74. The first-order valence-electron chi connectivity index (χ1n) is 7.26. The molecule has 1 saturated carbocycles. The molecule has 0 spiro atoms. The van der Waals surface area contributed by atoms with E-state index in [0.717, 1.165) is 5.92 Å². The van der Waals surface area contributed by atoms with Crippen molar-refractivity contribution in [2.45, 2.75) is 50.5 Å². The third-order valence-electron chi connectivity index (χ3n) is 4.75. The Labute approximate surface area is 106 Å². The van der Waals surface area contributed by atoms with Crippen LogP contribution in [0.15, 0.2) is 12.2 Å². The van der Waals surface area contributed by atoms with Gasteiger partial charge in [0.25, 0.3) is 0 Å². The Balaban J connectivity index is 1.74. The van der Waals surface area contributed by atoms with Gasteiger partial charge in [0, 0.05) is 12.1 Å². The predicted molar refractivity (Wildman–Crippen MR) is 74.2 cm³/mol. The highest BCUT2D eigenvalue weighted by Gasteiger charge is 2.35. The van der Waals surface area contributed by atoms with E-state index in [9.17, 15) is 0 Å². The van der Waals surface area contributed by atoms with Crippen molar-refractivity contribution in [2.75, 3.05) is 27.2 Å². The van der Waals surface area contributed by atoms with Crippen molar-refractivity contribution in [1.29, 1.82) is 0 Å². The van der Waals surface area contributed by atoms with Gasteiger partial charge in [0.2, 0.25) is 0 Å². The molecule has 0 aliphatic heterocycles. The lowest BCUT2D eigenvalue weighted by Crippen LogP contribution is -2.50. The normalized spacial score (nSPS) is 27.8. The summed E-state index contributed by atoms with van der Waals surface area (Å²) in [6.07, 6.45) is 14.2. The number of nitrogens with one attached hydrogen (secondary N) is 1. The maximum absolute atomic E-state index is 3.74. The lowest BCUT2D eigenvalue weighted by Gasteiger charge is -2.37. The summed E-state index contributed by atoms with van der Waals surface area (Å²) in [6, 6.07) is 0. The fraction of sp³-hybridized carbons (Fsp3) is 0.867. The van der Waals surface area contributed by atoms with E-state index >= 15 is 0 Å². The van der Waals surface area contributed by atoms with Gasteiger partial charge < -0.3 is 10.2 Å². The van der Waals surface area contributed by atoms with Gasteiger partial charge in [-0.1, -0.05) is 25.0 Å². The number of allylic oxidation sites excluding steroid dienone is 2. The first-order chi connectivity index (χ1) is 8.23. The van der Waals surface area contributed by atoms with E-state index < -0.39 is 0 Å². The molecule has 0 saturated heterocycles. The number of likely N-dealkylation sites (N-methyl/N-ethyl adjacent to an activating group) is 1. The Morgan fingerprint density at radius 1 is 1.24 bits per heavy atom. The summed E-state index contributed by atoms with van der Waals surface area (Å²) < 4.78 is 0. The molecule has 1 N–H and O–H groups in total. The van der Waals surface area contributed by atoms with Gasteiger partial charge in [-0.05, 0) is 58.7 Å². The molecule has 2 aliphatic rings. The average molecular weight is 236 g/mol. The molecule has 0 aromatic rings. The Bertz CT molecular complexity index is 252. The van der Waals surface area contributed by atoms with Gasteiger partial charge in [-0.3, -0.25) is 0 Å². The Morgan fingerprint density at radius 3 is 2.59 bits per heavy atom. The molecule has 0 radical (unpaired) electrons. The molecule has 1 unspecified atom stereocenters. The summed E-state index contributed by atoms with van der Waals surface area (Å²) in [6.45, 7) is 2.39. The SMILES string of the molecule is CN(C)C1(CNCC2CC=CCC2)CCCC1. The highest BCUT2D eigenvalue weighted by molar-refractivity contribution is 4.95. The van der Waals surface area contributed by atoms with Gasteiger partial charge in [-0.15, -0.1) is 0 Å². The Morgan fingerprint density at radius 2 is 2.00 bits per heavy atom. The van der Waals surface area contributed by atoms with Gasteiger partial charge in [0.1, 0.15) is 0 Å². The number of hydrogen-bond donors (Lipinski definition) is 1. The van der Waals surface area contributed by atoms with Crippen LogP contribution >= 0.6 is 0 Å². The van der Waals surface area contributed by atoms with Crippen LogP contribution in [0.4, 0.5) is 0 Å². The molecule has 0 aromatic carbocycles. The van der Waals surface area contributed by atoms with Crippen LogP contribution in [0.5, 0.6) is 0 Å². The second-order valence-corrected chi connectivity index (χ2v) is 6.11. The molecular weight excluding hydrogens is 208 g/mol. The summed E-state index contributed by atoms with van der Waals surface area (Å²) in [5.74, 6) is 0.876. The van der Waals surface area contributed by atoms with Crippen molar-refractivity contribution in [3.63, 3.8) is 0 Å². The minimum atomic E-state index is 0.449. The summed E-state index contributed by atoms with van der Waals surface area (Å²) >= 11 is 0. The van der Waals surface area contributed by atoms with Crippen molar-refractivity contribution >= 4 is 0 Å². The van der Waals surface area contributed by atoms with Gasteiger partial charge in [0.15, 0.2) is 0 Å². The monoisotopic (exact) mass is 236 g/mol. The molecule has 0 bridgehead atoms. The highest BCUT2D eigenvalue weighted by atomic mass is 15.2. The van der Waals surface area contributed by atoms with Crippen molar-refractivity contribution < 1.29 is 0 Å². The van der Waals surface area contributed by atoms with E-state index in [1.165, 1.54) is 58.0 Å². The standard InChI is InChI=1S/C15H28N2/c1-17(2)15(10-6-7-11-15)13-16-12-14-8-4-3-5-9-14/h3-4,14,16H,5-13H2,1-2H3. The summed E-state index contributed by atoms with van der Waals surface area (Å²) in [4.78, 5) is 2.45. The summed E-state index contributed by atoms with van der Waals surface area (Å²) in [7, 11) is 4.49. The van der Waals surface area contributed by atoms with E-state index in [1.54, 1.807) is 0 Å². The zero-order valence-corrected chi connectivity index (χ0v) is 11.5. The topological polar surface area (TPSA) is 15.3 Å². The molecule has 0 amide bonds. The molecule has 2 heteroatoms. The fourth-order valence-corrected chi connectivity index (χ4v) is 3.37. The van der Waals surface area contributed by atoms with Gasteiger partial charge in [0.05, 0.1) is 0 Å². The highest BCUT2D eigenvalue weighted by Crippen LogP contribution is 2.33. The molecule has 98 valence electrons. The second kappa shape index (κ2) is 6.01. The molecule has 0 heterocycles. The Hall–Kier alpha value is -0.340. The van der Waals surface area contributed by atoms with Crippen LogP contribution in [0.1, 0.15) is 44.9 Å². The minimum absolute atomic E-state index is 0.449. The first kappa shape index (κ1) is 13.1. The maximum Gasteiger partial charge on any atom is 0.0327 e. The van der Waals surface area contributed by atoms with Crippen LogP contribution in [-0.2, 0) is 0 Å². The van der Waals surface area contributed by atoms with Gasteiger partial charge in [-0.25, -0.2) is 0 Å². The van der Waals surface area contributed by atoms with Crippen molar-refractivity contribution in [3.05, 3.63) is 12.2 Å². The van der Waals surface area contributed by atoms with Crippen LogP contribution < -0.4 is 5.32 Å². The molecule has 2 aliphatic carbocycles. The van der Waals surface area contributed by atoms with E-state index in [-0.39, 0.29) is 0 Å². The maximum atomic E-state index is 3.74. The van der Waals surface area contributed by atoms with E-state index in [1.807, 2.05) is 0 Å². The molecule has 0 aromatic heterocycles. The van der Waals surface area contributed by atoms with E-state index in [0.29, 0.717) is 5.54 Å². The smallest absolute Gasteiger partial charge is 0.0327 e. The predicted octanol–water partition coefficient (Wildman–Crippen LogP) is 2.81. The quantitative estimate of drug-likeness (QED) is 0.738. The lowest BCUT2D eigenvalue weighted by molar-refractivity contribution is 0.152. The zero-order valence-electron chi connectivity index (χ0n) is 11.5. The third-order valence-corrected chi connectivity index (χ3v) is 4.75. The molecule has 17 heavy (non-hydrogen) atoms. The summed E-state index contributed by atoms with van der Waals surface area (Å²) in [5.41, 5.74) is 0.449. The van der Waals surface area contributed by atoms with Crippen molar-refractivity contribution in [2.24, 2.45) is 5.92 Å². The fourth-order valence-electron chi connectivity index (χ4n) is 3.37. The number of rotatable bonds is 5. The number of nitrogens with zero attached hydrogens (tertiary/aromatic N) is 1. The molecule has 1 fully saturated rings. The van der Waals surface area contributed by atoms with E-state index in [2.05, 4.69) is 36.5 Å². The zero-order chi connectivity index (χ0) is 12.1. The Kier molecular flexibility index (Phi) is 4.63. The number of hydrogen-bond acceptors (Lipinski definition) is 2. The third kappa shape index (κ3) is 3.32. The molecular formula is C15H28N2. The van der Waals surface area contributed by atoms with Crippen molar-refractivity contribution in [3.8, 4) is 0 Å². The molecule has 2 rings (SSSR count). The van der Waals surface area contributed by atoms with Crippen LogP contribution in [0, 0.1) is 5.92 Å². The van der Waals surface area contributed by atoms with Crippen LogP contribution in [0.2, 0.25) is 0 Å². The van der Waals surface area contributed by atoms with Gasteiger partial charge >= 0.3 is 0 Å².